The van der Waals surface area contributed by atoms with E-state index in [0.29, 0.717) is 6.04 Å². The Hall–Kier alpha value is -1.39. The molecule has 1 aromatic heterocycles. The van der Waals surface area contributed by atoms with E-state index < -0.39 is 0 Å². The smallest absolute Gasteiger partial charge is 0.119 e. The van der Waals surface area contributed by atoms with Gasteiger partial charge in [-0.2, -0.15) is 0 Å². The number of aromatic nitrogens is 1. The Labute approximate surface area is 111 Å². The molecule has 94 valence electrons. The van der Waals surface area contributed by atoms with Gasteiger partial charge in [0, 0.05) is 18.0 Å². The second kappa shape index (κ2) is 5.08. The Morgan fingerprint density at radius 3 is 3.22 bits per heavy atom. The molecule has 0 radical (unpaired) electrons. The molecule has 3 nitrogen and oxygen atoms in total. The van der Waals surface area contributed by atoms with Gasteiger partial charge in [-0.25, -0.2) is 4.98 Å². The fraction of sp³-hybridized carbons (Fsp3) is 0.357. The van der Waals surface area contributed by atoms with E-state index in [1.807, 2.05) is 11.6 Å². The molecule has 1 unspecified atom stereocenters. The molecule has 1 atom stereocenters. The number of methoxy groups -OCH3 is 1. The van der Waals surface area contributed by atoms with E-state index in [-0.39, 0.29) is 0 Å². The van der Waals surface area contributed by atoms with Gasteiger partial charge < -0.3 is 10.1 Å². The van der Waals surface area contributed by atoms with Crippen molar-refractivity contribution in [2.24, 2.45) is 0 Å². The molecule has 1 N–H and O–H groups in total. The number of rotatable bonds is 4. The molecule has 0 spiro atoms. The van der Waals surface area contributed by atoms with Crippen LogP contribution in [0, 0.1) is 0 Å². The maximum atomic E-state index is 5.30. The Morgan fingerprint density at radius 2 is 2.44 bits per heavy atom. The second-order valence-corrected chi connectivity index (χ2v) is 5.24. The summed E-state index contributed by atoms with van der Waals surface area (Å²) in [6.07, 6.45) is 2.31. The van der Waals surface area contributed by atoms with Gasteiger partial charge in [0.2, 0.25) is 0 Å². The third-order valence-corrected chi connectivity index (χ3v) is 4.08. The van der Waals surface area contributed by atoms with Crippen molar-refractivity contribution in [3.05, 3.63) is 45.9 Å². The van der Waals surface area contributed by atoms with E-state index in [2.05, 4.69) is 27.8 Å². The summed E-state index contributed by atoms with van der Waals surface area (Å²) in [6.45, 7) is 0.838. The van der Waals surface area contributed by atoms with Gasteiger partial charge >= 0.3 is 0 Å². The average Bonchev–Trinajstić information content (AvgIpc) is 3.05. The van der Waals surface area contributed by atoms with Crippen molar-refractivity contribution in [1.82, 2.24) is 10.3 Å². The van der Waals surface area contributed by atoms with Crippen LogP contribution < -0.4 is 10.1 Å². The number of nitrogens with zero attached hydrogens (tertiary/aromatic N) is 1. The molecule has 0 saturated carbocycles. The van der Waals surface area contributed by atoms with Crippen LogP contribution in [-0.4, -0.2) is 12.1 Å². The molecule has 18 heavy (non-hydrogen) atoms. The van der Waals surface area contributed by atoms with Crippen LogP contribution in [0.5, 0.6) is 5.75 Å². The number of ether oxygens (including phenoxy) is 1. The highest BCUT2D eigenvalue weighted by molar-refractivity contribution is 7.07. The lowest BCUT2D eigenvalue weighted by molar-refractivity contribution is 0.413. The fourth-order valence-corrected chi connectivity index (χ4v) is 3.03. The lowest BCUT2D eigenvalue weighted by Gasteiger charge is -2.14. The minimum Gasteiger partial charge on any atom is -0.497 e. The molecule has 2 aromatic rings. The summed E-state index contributed by atoms with van der Waals surface area (Å²) in [4.78, 5) is 4.30. The van der Waals surface area contributed by atoms with Crippen LogP contribution >= 0.6 is 11.3 Å². The van der Waals surface area contributed by atoms with Gasteiger partial charge in [0.05, 0.1) is 18.3 Å². The van der Waals surface area contributed by atoms with Crippen molar-refractivity contribution in [3.8, 4) is 5.75 Å². The van der Waals surface area contributed by atoms with Crippen LogP contribution in [0.1, 0.15) is 29.3 Å². The Bertz CT molecular complexity index is 525. The standard InChI is InChI=1S/C14H16N2OS/c1-17-12-4-2-10-3-5-14(13(10)6-12)15-7-11-8-18-9-16-11/h2,4,6,8-9,14-15H,3,5,7H2,1H3. The molecule has 4 heteroatoms. The van der Waals surface area contributed by atoms with Gasteiger partial charge in [0.25, 0.3) is 0 Å². The molecule has 0 amide bonds. The maximum Gasteiger partial charge on any atom is 0.119 e. The number of nitrogens with one attached hydrogen (secondary N) is 1. The Kier molecular flexibility index (Phi) is 3.30. The van der Waals surface area contributed by atoms with Gasteiger partial charge in [0.15, 0.2) is 0 Å². The van der Waals surface area contributed by atoms with Crippen molar-refractivity contribution in [2.75, 3.05) is 7.11 Å². The fourth-order valence-electron chi connectivity index (χ4n) is 2.47. The van der Waals surface area contributed by atoms with E-state index in [9.17, 15) is 0 Å². The van der Waals surface area contributed by atoms with Crippen LogP contribution in [0.3, 0.4) is 0 Å². The predicted octanol–water partition coefficient (Wildman–Crippen LogP) is 2.93. The van der Waals surface area contributed by atoms with Crippen LogP contribution in [0.2, 0.25) is 0 Å². The van der Waals surface area contributed by atoms with Crippen molar-refractivity contribution in [1.29, 1.82) is 0 Å². The zero-order chi connectivity index (χ0) is 12.4. The third-order valence-electron chi connectivity index (χ3n) is 3.44. The predicted molar refractivity (Wildman–Crippen MR) is 73.0 cm³/mol. The van der Waals surface area contributed by atoms with Crippen LogP contribution in [0.4, 0.5) is 0 Å². The number of fused-ring (bicyclic) bond motifs is 1. The van der Waals surface area contributed by atoms with Crippen LogP contribution in [0.25, 0.3) is 0 Å². The first-order chi connectivity index (χ1) is 8.86. The average molecular weight is 260 g/mol. The van der Waals surface area contributed by atoms with Gasteiger partial charge in [-0.05, 0) is 36.1 Å². The first kappa shape index (κ1) is 11.7. The van der Waals surface area contributed by atoms with E-state index in [4.69, 9.17) is 4.74 Å². The Balaban J connectivity index is 1.73. The molecule has 1 aliphatic carbocycles. The SMILES string of the molecule is COc1ccc2c(c1)C(NCc1cscn1)CC2. The lowest BCUT2D eigenvalue weighted by Crippen LogP contribution is -2.18. The minimum absolute atomic E-state index is 0.428. The minimum atomic E-state index is 0.428. The third kappa shape index (κ3) is 2.26. The Morgan fingerprint density at radius 1 is 1.50 bits per heavy atom. The molecule has 1 aromatic carbocycles. The van der Waals surface area contributed by atoms with Crippen molar-refractivity contribution >= 4 is 11.3 Å². The number of thiazole rings is 1. The topological polar surface area (TPSA) is 34.1 Å². The summed E-state index contributed by atoms with van der Waals surface area (Å²) < 4.78 is 5.30. The van der Waals surface area contributed by atoms with Gasteiger partial charge in [-0.15, -0.1) is 11.3 Å². The van der Waals surface area contributed by atoms with Gasteiger partial charge in [-0.3, -0.25) is 0 Å². The molecule has 0 fully saturated rings. The monoisotopic (exact) mass is 260 g/mol. The molecule has 0 aliphatic heterocycles. The van der Waals surface area contributed by atoms with Crippen molar-refractivity contribution in [2.45, 2.75) is 25.4 Å². The number of benzene rings is 1. The van der Waals surface area contributed by atoms with Gasteiger partial charge in [-0.1, -0.05) is 6.07 Å². The zero-order valence-electron chi connectivity index (χ0n) is 10.3. The summed E-state index contributed by atoms with van der Waals surface area (Å²) in [7, 11) is 1.72. The zero-order valence-corrected chi connectivity index (χ0v) is 11.2. The highest BCUT2D eigenvalue weighted by Gasteiger charge is 2.22. The summed E-state index contributed by atoms with van der Waals surface area (Å²) >= 11 is 1.64. The molecule has 0 bridgehead atoms. The number of aryl methyl sites for hydroxylation is 1. The summed E-state index contributed by atoms with van der Waals surface area (Å²) in [6, 6.07) is 6.80. The molecular weight excluding hydrogens is 244 g/mol. The second-order valence-electron chi connectivity index (χ2n) is 4.52. The van der Waals surface area contributed by atoms with Crippen molar-refractivity contribution < 1.29 is 4.74 Å². The number of hydrogen-bond donors (Lipinski definition) is 1. The van der Waals surface area contributed by atoms with Crippen LogP contribution in [0.15, 0.2) is 29.1 Å². The molecule has 1 aliphatic rings. The highest BCUT2D eigenvalue weighted by Crippen LogP contribution is 2.33. The maximum absolute atomic E-state index is 5.30. The largest absolute Gasteiger partial charge is 0.497 e. The summed E-state index contributed by atoms with van der Waals surface area (Å²) in [5.74, 6) is 0.941. The number of hydrogen-bond acceptors (Lipinski definition) is 4. The summed E-state index contributed by atoms with van der Waals surface area (Å²) in [5, 5.41) is 5.67. The highest BCUT2D eigenvalue weighted by atomic mass is 32.1. The first-order valence-corrected chi connectivity index (χ1v) is 7.08. The van der Waals surface area contributed by atoms with Crippen molar-refractivity contribution in [3.63, 3.8) is 0 Å². The molecular formula is C14H16N2OS. The van der Waals surface area contributed by atoms with Gasteiger partial charge in [0.1, 0.15) is 5.75 Å². The van der Waals surface area contributed by atoms with E-state index >= 15 is 0 Å². The molecule has 0 saturated heterocycles. The molecule has 3 rings (SSSR count). The first-order valence-electron chi connectivity index (χ1n) is 6.14. The van der Waals surface area contributed by atoms with E-state index in [0.717, 1.165) is 30.8 Å². The summed E-state index contributed by atoms with van der Waals surface area (Å²) in [5.41, 5.74) is 5.82. The molecule has 1 heterocycles. The van der Waals surface area contributed by atoms with E-state index in [1.165, 1.54) is 11.1 Å². The normalized spacial score (nSPS) is 17.7. The van der Waals surface area contributed by atoms with Crippen LogP contribution in [-0.2, 0) is 13.0 Å². The quantitative estimate of drug-likeness (QED) is 0.917. The lowest BCUT2D eigenvalue weighted by atomic mass is 10.1. The van der Waals surface area contributed by atoms with E-state index in [1.54, 1.807) is 18.4 Å².